The quantitative estimate of drug-likeness (QED) is 0.878. The summed E-state index contributed by atoms with van der Waals surface area (Å²) < 4.78 is 5.56. The van der Waals surface area contributed by atoms with E-state index in [1.807, 2.05) is 21.0 Å². The molecule has 0 aliphatic carbocycles. The normalized spacial score (nSPS) is 11.4. The van der Waals surface area contributed by atoms with Crippen LogP contribution in [0.5, 0.6) is 5.75 Å². The van der Waals surface area contributed by atoms with Gasteiger partial charge in [0.1, 0.15) is 5.75 Å². The van der Waals surface area contributed by atoms with Gasteiger partial charge in [-0.3, -0.25) is 4.79 Å². The predicted molar refractivity (Wildman–Crippen MR) is 91.7 cm³/mol. The highest BCUT2D eigenvalue weighted by atomic mass is 16.5. The standard InChI is InChI=1S/C18H30N2O2/c1-13-10-14(12-16(21)20(6)9-8-19-5)11-15(17(13)22-7)18(2,3)4/h10-11,19H,8-9,12H2,1-7H3. The Morgan fingerprint density at radius 3 is 2.45 bits per heavy atom. The molecule has 1 amide bonds. The molecular formula is C18H30N2O2. The Bertz CT molecular complexity index is 519. The molecule has 0 heterocycles. The third-order valence-electron chi connectivity index (χ3n) is 3.82. The van der Waals surface area contributed by atoms with Crippen molar-refractivity contribution in [2.45, 2.75) is 39.5 Å². The first kappa shape index (κ1) is 18.5. The molecule has 0 fully saturated rings. The first-order valence-electron chi connectivity index (χ1n) is 7.77. The lowest BCUT2D eigenvalue weighted by Gasteiger charge is -2.25. The van der Waals surface area contributed by atoms with E-state index in [1.54, 1.807) is 12.0 Å². The first-order chi connectivity index (χ1) is 10.2. The molecule has 1 aromatic rings. The summed E-state index contributed by atoms with van der Waals surface area (Å²) in [4.78, 5) is 14.1. The molecule has 0 saturated carbocycles. The topological polar surface area (TPSA) is 41.6 Å². The molecule has 0 spiro atoms. The van der Waals surface area contributed by atoms with E-state index in [2.05, 4.69) is 38.2 Å². The van der Waals surface area contributed by atoms with Crippen molar-refractivity contribution in [1.29, 1.82) is 0 Å². The van der Waals surface area contributed by atoms with Gasteiger partial charge in [0.2, 0.25) is 5.91 Å². The van der Waals surface area contributed by atoms with E-state index in [0.29, 0.717) is 6.42 Å². The zero-order valence-electron chi connectivity index (χ0n) is 15.0. The number of aryl methyl sites for hydroxylation is 1. The van der Waals surface area contributed by atoms with Gasteiger partial charge in [0.15, 0.2) is 0 Å². The van der Waals surface area contributed by atoms with Crippen molar-refractivity contribution in [2.75, 3.05) is 34.3 Å². The van der Waals surface area contributed by atoms with E-state index in [1.165, 1.54) is 0 Å². The van der Waals surface area contributed by atoms with Gasteiger partial charge in [-0.15, -0.1) is 0 Å². The van der Waals surface area contributed by atoms with Crippen LogP contribution in [0.25, 0.3) is 0 Å². The number of methoxy groups -OCH3 is 1. The highest BCUT2D eigenvalue weighted by molar-refractivity contribution is 5.78. The highest BCUT2D eigenvalue weighted by Crippen LogP contribution is 2.35. The van der Waals surface area contributed by atoms with Crippen LogP contribution < -0.4 is 10.1 Å². The summed E-state index contributed by atoms with van der Waals surface area (Å²) in [5.74, 6) is 1.06. The number of rotatable bonds is 6. The summed E-state index contributed by atoms with van der Waals surface area (Å²) in [6.07, 6.45) is 0.425. The Hall–Kier alpha value is -1.55. The Kier molecular flexibility index (Phi) is 6.42. The van der Waals surface area contributed by atoms with Crippen molar-refractivity contribution in [3.8, 4) is 5.75 Å². The number of amides is 1. The molecule has 1 aromatic carbocycles. The third kappa shape index (κ3) is 4.73. The molecule has 22 heavy (non-hydrogen) atoms. The van der Waals surface area contributed by atoms with Crippen LogP contribution in [0.3, 0.4) is 0 Å². The maximum atomic E-state index is 12.3. The largest absolute Gasteiger partial charge is 0.496 e. The van der Waals surface area contributed by atoms with Crippen molar-refractivity contribution < 1.29 is 9.53 Å². The van der Waals surface area contributed by atoms with Crippen LogP contribution in [0.2, 0.25) is 0 Å². The van der Waals surface area contributed by atoms with E-state index < -0.39 is 0 Å². The number of nitrogens with zero attached hydrogens (tertiary/aromatic N) is 1. The second-order valence-electron chi connectivity index (χ2n) is 6.84. The number of ether oxygens (including phenoxy) is 1. The van der Waals surface area contributed by atoms with Gasteiger partial charge in [-0.1, -0.05) is 32.9 Å². The fourth-order valence-electron chi connectivity index (χ4n) is 2.49. The Morgan fingerprint density at radius 1 is 1.32 bits per heavy atom. The molecule has 0 aromatic heterocycles. The van der Waals surface area contributed by atoms with E-state index in [-0.39, 0.29) is 11.3 Å². The minimum absolute atomic E-state index is 0.0206. The van der Waals surface area contributed by atoms with Crippen molar-refractivity contribution in [2.24, 2.45) is 0 Å². The molecule has 0 atom stereocenters. The van der Waals surface area contributed by atoms with Gasteiger partial charge >= 0.3 is 0 Å². The first-order valence-corrected chi connectivity index (χ1v) is 7.77. The summed E-state index contributed by atoms with van der Waals surface area (Å²) in [5, 5.41) is 3.06. The second kappa shape index (κ2) is 7.63. The Morgan fingerprint density at radius 2 is 1.95 bits per heavy atom. The summed E-state index contributed by atoms with van der Waals surface area (Å²) in [6, 6.07) is 4.16. The van der Waals surface area contributed by atoms with Gasteiger partial charge in [-0.2, -0.15) is 0 Å². The van der Waals surface area contributed by atoms with Gasteiger partial charge in [-0.25, -0.2) is 0 Å². The average Bonchev–Trinajstić information content (AvgIpc) is 2.43. The van der Waals surface area contributed by atoms with Crippen molar-refractivity contribution in [3.05, 3.63) is 28.8 Å². The van der Waals surface area contributed by atoms with Gasteiger partial charge in [0, 0.05) is 25.7 Å². The van der Waals surface area contributed by atoms with Crippen LogP contribution in [0, 0.1) is 6.92 Å². The smallest absolute Gasteiger partial charge is 0.226 e. The number of hydrogen-bond donors (Lipinski definition) is 1. The van der Waals surface area contributed by atoms with Crippen LogP contribution in [-0.4, -0.2) is 45.1 Å². The van der Waals surface area contributed by atoms with Gasteiger partial charge in [0.05, 0.1) is 13.5 Å². The van der Waals surface area contributed by atoms with E-state index in [9.17, 15) is 4.79 Å². The van der Waals surface area contributed by atoms with Crippen LogP contribution in [-0.2, 0) is 16.6 Å². The molecule has 0 radical (unpaired) electrons. The van der Waals surface area contributed by atoms with Crippen LogP contribution in [0.1, 0.15) is 37.5 Å². The Balaban J connectivity index is 3.02. The monoisotopic (exact) mass is 306 g/mol. The highest BCUT2D eigenvalue weighted by Gasteiger charge is 2.22. The maximum Gasteiger partial charge on any atom is 0.226 e. The number of nitrogens with one attached hydrogen (secondary N) is 1. The molecule has 1 N–H and O–H groups in total. The lowest BCUT2D eigenvalue weighted by atomic mass is 9.83. The summed E-state index contributed by atoms with van der Waals surface area (Å²) >= 11 is 0. The zero-order chi connectivity index (χ0) is 16.9. The fourth-order valence-corrected chi connectivity index (χ4v) is 2.49. The minimum Gasteiger partial charge on any atom is -0.496 e. The molecule has 0 aliphatic rings. The average molecular weight is 306 g/mol. The number of likely N-dealkylation sites (N-methyl/N-ethyl adjacent to an activating group) is 2. The van der Waals surface area contributed by atoms with Gasteiger partial charge in [-0.05, 0) is 30.5 Å². The maximum absolute atomic E-state index is 12.3. The van der Waals surface area contributed by atoms with E-state index in [4.69, 9.17) is 4.74 Å². The summed E-state index contributed by atoms with van der Waals surface area (Å²) in [5.41, 5.74) is 3.25. The van der Waals surface area contributed by atoms with Crippen LogP contribution >= 0.6 is 0 Å². The molecule has 0 aliphatic heterocycles. The zero-order valence-corrected chi connectivity index (χ0v) is 15.0. The lowest BCUT2D eigenvalue weighted by Crippen LogP contribution is -2.33. The second-order valence-corrected chi connectivity index (χ2v) is 6.84. The van der Waals surface area contributed by atoms with Gasteiger partial charge < -0.3 is 15.0 Å². The molecule has 124 valence electrons. The molecule has 0 unspecified atom stereocenters. The number of benzene rings is 1. The lowest BCUT2D eigenvalue weighted by molar-refractivity contribution is -0.129. The van der Waals surface area contributed by atoms with Gasteiger partial charge in [0.25, 0.3) is 0 Å². The third-order valence-corrected chi connectivity index (χ3v) is 3.82. The number of carbonyl (C=O) groups excluding carboxylic acids is 1. The van der Waals surface area contributed by atoms with Crippen LogP contribution in [0.15, 0.2) is 12.1 Å². The van der Waals surface area contributed by atoms with Crippen molar-refractivity contribution in [1.82, 2.24) is 10.2 Å². The molecule has 0 bridgehead atoms. The number of carbonyl (C=O) groups is 1. The Labute approximate surface area is 134 Å². The van der Waals surface area contributed by atoms with Crippen molar-refractivity contribution >= 4 is 5.91 Å². The molecule has 4 nitrogen and oxygen atoms in total. The SMILES string of the molecule is CNCCN(C)C(=O)Cc1cc(C)c(OC)c(C(C)(C)C)c1. The molecule has 0 saturated heterocycles. The fraction of sp³-hybridized carbons (Fsp3) is 0.611. The number of hydrogen-bond acceptors (Lipinski definition) is 3. The minimum atomic E-state index is -0.0206. The molecular weight excluding hydrogens is 276 g/mol. The van der Waals surface area contributed by atoms with Crippen LogP contribution in [0.4, 0.5) is 0 Å². The molecule has 1 rings (SSSR count). The summed E-state index contributed by atoms with van der Waals surface area (Å²) in [6.45, 7) is 10.0. The van der Waals surface area contributed by atoms with Crippen molar-refractivity contribution in [3.63, 3.8) is 0 Å². The van der Waals surface area contributed by atoms with E-state index in [0.717, 1.165) is 35.5 Å². The molecule has 4 heteroatoms. The summed E-state index contributed by atoms with van der Waals surface area (Å²) in [7, 11) is 5.44. The predicted octanol–water partition coefficient (Wildman–Crippen LogP) is 2.52. The van der Waals surface area contributed by atoms with E-state index >= 15 is 0 Å².